The van der Waals surface area contributed by atoms with E-state index < -0.39 is 16.9 Å². The second-order valence-corrected chi connectivity index (χ2v) is 5.00. The summed E-state index contributed by atoms with van der Waals surface area (Å²) in [6.45, 7) is 0.243. The second-order valence-electron chi connectivity index (χ2n) is 5.00. The van der Waals surface area contributed by atoms with Crippen molar-refractivity contribution < 1.29 is 14.8 Å². The van der Waals surface area contributed by atoms with Gasteiger partial charge < -0.3 is 16.2 Å². The lowest BCUT2D eigenvalue weighted by atomic mass is 10.1. The molecule has 0 aliphatic rings. The second kappa shape index (κ2) is 7.37. The molecule has 0 aliphatic heterocycles. The largest absolute Gasteiger partial charge is 0.393 e. The fourth-order valence-electron chi connectivity index (χ4n) is 2.11. The van der Waals surface area contributed by atoms with E-state index in [1.54, 1.807) is 12.1 Å². The van der Waals surface area contributed by atoms with Crippen molar-refractivity contribution in [2.45, 2.75) is 12.5 Å². The van der Waals surface area contributed by atoms with Gasteiger partial charge in [0.15, 0.2) is 0 Å². The van der Waals surface area contributed by atoms with Crippen LogP contribution in [0.5, 0.6) is 0 Å². The van der Waals surface area contributed by atoms with Gasteiger partial charge >= 0.3 is 0 Å². The van der Waals surface area contributed by atoms with E-state index in [1.165, 1.54) is 12.1 Å². The van der Waals surface area contributed by atoms with Gasteiger partial charge in [-0.05, 0) is 24.1 Å². The number of carbonyl (C=O) groups is 1. The van der Waals surface area contributed by atoms with E-state index in [-0.39, 0.29) is 23.5 Å². The summed E-state index contributed by atoms with van der Waals surface area (Å²) in [5.74, 6) is -0.451. The Labute approximate surface area is 132 Å². The van der Waals surface area contributed by atoms with Gasteiger partial charge in [-0.15, -0.1) is 0 Å². The highest BCUT2D eigenvalue weighted by Crippen LogP contribution is 2.22. The lowest BCUT2D eigenvalue weighted by Gasteiger charge is -2.11. The molecule has 1 unspecified atom stereocenters. The van der Waals surface area contributed by atoms with Gasteiger partial charge in [0.05, 0.1) is 11.0 Å². The number of nitrogens with one attached hydrogen (secondary N) is 1. The van der Waals surface area contributed by atoms with E-state index >= 15 is 0 Å². The number of nitrogens with two attached hydrogens (primary N) is 1. The molecule has 0 spiro atoms. The highest BCUT2D eigenvalue weighted by molar-refractivity contribution is 5.95. The molecule has 0 saturated heterocycles. The highest BCUT2D eigenvalue weighted by atomic mass is 16.6. The number of nitro benzene ring substituents is 1. The molecule has 2 aromatic rings. The fourth-order valence-corrected chi connectivity index (χ4v) is 2.11. The van der Waals surface area contributed by atoms with Gasteiger partial charge in [0, 0.05) is 18.2 Å². The van der Waals surface area contributed by atoms with Crippen molar-refractivity contribution in [3.8, 4) is 0 Å². The Bertz CT molecular complexity index is 704. The molecule has 23 heavy (non-hydrogen) atoms. The molecule has 0 radical (unpaired) electrons. The molecule has 0 saturated carbocycles. The number of nitrogens with zero attached hydrogens (tertiary/aromatic N) is 1. The zero-order valence-electron chi connectivity index (χ0n) is 12.3. The Morgan fingerprint density at radius 3 is 2.61 bits per heavy atom. The van der Waals surface area contributed by atoms with Crippen LogP contribution in [0.4, 0.5) is 11.4 Å². The fraction of sp³-hybridized carbons (Fsp3) is 0.188. The number of amides is 1. The normalized spacial score (nSPS) is 11.7. The van der Waals surface area contributed by atoms with Gasteiger partial charge in [0.25, 0.3) is 11.6 Å². The molecule has 0 aromatic heterocycles. The molecule has 0 bridgehead atoms. The Morgan fingerprint density at radius 1 is 1.26 bits per heavy atom. The van der Waals surface area contributed by atoms with Crippen molar-refractivity contribution >= 4 is 17.3 Å². The van der Waals surface area contributed by atoms with E-state index in [4.69, 9.17) is 5.73 Å². The Hall–Kier alpha value is -2.93. The van der Waals surface area contributed by atoms with Crippen LogP contribution in [0.25, 0.3) is 0 Å². The molecule has 1 atom stereocenters. The molecule has 0 heterocycles. The van der Waals surface area contributed by atoms with Crippen LogP contribution in [0, 0.1) is 10.1 Å². The van der Waals surface area contributed by atoms with Crippen LogP contribution in [0.15, 0.2) is 48.5 Å². The lowest BCUT2D eigenvalue weighted by molar-refractivity contribution is -0.383. The first-order chi connectivity index (χ1) is 11.0. The zero-order chi connectivity index (χ0) is 16.8. The number of hydrogen-bond acceptors (Lipinski definition) is 5. The number of carbonyl (C=O) groups excluding carboxylic acids is 1. The van der Waals surface area contributed by atoms with Crippen molar-refractivity contribution in [2.24, 2.45) is 0 Å². The van der Waals surface area contributed by atoms with Crippen LogP contribution >= 0.6 is 0 Å². The van der Waals surface area contributed by atoms with Crippen molar-refractivity contribution in [3.63, 3.8) is 0 Å². The van der Waals surface area contributed by atoms with E-state index in [0.29, 0.717) is 6.42 Å². The van der Waals surface area contributed by atoms with Crippen LogP contribution in [-0.4, -0.2) is 22.5 Å². The smallest absolute Gasteiger partial charge is 0.292 e. The molecule has 7 nitrogen and oxygen atoms in total. The summed E-state index contributed by atoms with van der Waals surface area (Å²) in [5.41, 5.74) is 6.11. The Kier molecular flexibility index (Phi) is 5.27. The average molecular weight is 315 g/mol. The van der Waals surface area contributed by atoms with E-state index in [9.17, 15) is 20.0 Å². The quantitative estimate of drug-likeness (QED) is 0.428. The number of aliphatic hydroxyl groups excluding tert-OH is 1. The van der Waals surface area contributed by atoms with Crippen LogP contribution in [0.1, 0.15) is 28.4 Å². The molecule has 7 heteroatoms. The molecule has 0 aliphatic carbocycles. The first kappa shape index (κ1) is 16.4. The molecule has 0 fully saturated rings. The maximum absolute atomic E-state index is 12.0. The number of nitro groups is 1. The van der Waals surface area contributed by atoms with Gasteiger partial charge in [0.2, 0.25) is 0 Å². The van der Waals surface area contributed by atoms with Gasteiger partial charge in [-0.2, -0.15) is 0 Å². The average Bonchev–Trinajstić information content (AvgIpc) is 2.55. The summed E-state index contributed by atoms with van der Waals surface area (Å²) in [4.78, 5) is 22.2. The molecule has 4 N–H and O–H groups in total. The maximum Gasteiger partial charge on any atom is 0.292 e. The Balaban J connectivity index is 1.93. The van der Waals surface area contributed by atoms with Gasteiger partial charge in [-0.3, -0.25) is 14.9 Å². The minimum Gasteiger partial charge on any atom is -0.393 e. The summed E-state index contributed by atoms with van der Waals surface area (Å²) >= 11 is 0. The minimum absolute atomic E-state index is 0.00560. The standard InChI is InChI=1S/C16H17N3O4/c17-13-7-6-12(10-14(13)19(22)23)16(21)18-9-8-15(20)11-4-2-1-3-5-11/h1-7,10,15,20H,8-9,17H2,(H,18,21). The van der Waals surface area contributed by atoms with E-state index in [0.717, 1.165) is 11.6 Å². The number of benzene rings is 2. The van der Waals surface area contributed by atoms with Crippen LogP contribution in [0.3, 0.4) is 0 Å². The third-order valence-electron chi connectivity index (χ3n) is 3.38. The molecule has 2 rings (SSSR count). The predicted molar refractivity (Wildman–Crippen MR) is 85.9 cm³/mol. The first-order valence-electron chi connectivity index (χ1n) is 7.04. The van der Waals surface area contributed by atoms with Crippen molar-refractivity contribution in [1.82, 2.24) is 5.32 Å². The third-order valence-corrected chi connectivity index (χ3v) is 3.38. The first-order valence-corrected chi connectivity index (χ1v) is 7.04. The van der Waals surface area contributed by atoms with Crippen molar-refractivity contribution in [1.29, 1.82) is 0 Å². The maximum atomic E-state index is 12.0. The topological polar surface area (TPSA) is 118 Å². The minimum atomic E-state index is -0.683. The molecular formula is C16H17N3O4. The molecule has 1 amide bonds. The number of rotatable bonds is 6. The summed E-state index contributed by atoms with van der Waals surface area (Å²) in [5, 5.41) is 23.4. The SMILES string of the molecule is Nc1ccc(C(=O)NCCC(O)c2ccccc2)cc1[N+](=O)[O-]. The zero-order valence-corrected chi connectivity index (χ0v) is 12.3. The third kappa shape index (κ3) is 4.27. The highest BCUT2D eigenvalue weighted by Gasteiger charge is 2.16. The predicted octanol–water partition coefficient (Wildman–Crippen LogP) is 2.03. The van der Waals surface area contributed by atoms with Gasteiger partial charge in [-0.1, -0.05) is 30.3 Å². The van der Waals surface area contributed by atoms with Crippen LogP contribution in [0.2, 0.25) is 0 Å². The number of hydrogen-bond donors (Lipinski definition) is 3. The van der Waals surface area contributed by atoms with Crippen LogP contribution in [-0.2, 0) is 0 Å². The van der Waals surface area contributed by atoms with Crippen molar-refractivity contribution in [2.75, 3.05) is 12.3 Å². The van der Waals surface area contributed by atoms with Gasteiger partial charge in [0.1, 0.15) is 5.69 Å². The van der Waals surface area contributed by atoms with E-state index in [1.807, 2.05) is 18.2 Å². The molecule has 2 aromatic carbocycles. The lowest BCUT2D eigenvalue weighted by Crippen LogP contribution is -2.25. The monoisotopic (exact) mass is 315 g/mol. The molecular weight excluding hydrogens is 298 g/mol. The van der Waals surface area contributed by atoms with Gasteiger partial charge in [-0.25, -0.2) is 0 Å². The molecule has 120 valence electrons. The Morgan fingerprint density at radius 2 is 1.96 bits per heavy atom. The summed E-state index contributed by atoms with van der Waals surface area (Å²) < 4.78 is 0. The van der Waals surface area contributed by atoms with E-state index in [2.05, 4.69) is 5.32 Å². The van der Waals surface area contributed by atoms with Crippen molar-refractivity contribution in [3.05, 3.63) is 69.8 Å². The number of anilines is 1. The summed E-state index contributed by atoms with van der Waals surface area (Å²) in [6, 6.07) is 13.0. The summed E-state index contributed by atoms with van der Waals surface area (Å²) in [7, 11) is 0. The van der Waals surface area contributed by atoms with Crippen LogP contribution < -0.4 is 11.1 Å². The number of nitrogen functional groups attached to an aromatic ring is 1. The summed E-state index contributed by atoms with van der Waals surface area (Å²) in [6.07, 6.45) is -0.343. The number of aliphatic hydroxyl groups is 1.